The SMILES string of the molecule is CSNCCN1C(=O)NC(c2ccccc2)(c2ccccc2)C1=O. The summed E-state index contributed by atoms with van der Waals surface area (Å²) < 4.78 is 3.07. The highest BCUT2D eigenvalue weighted by Crippen LogP contribution is 2.35. The average Bonchev–Trinajstić information content (AvgIpc) is 2.89. The van der Waals surface area contributed by atoms with Crippen molar-refractivity contribution >= 4 is 23.9 Å². The minimum absolute atomic E-state index is 0.243. The summed E-state index contributed by atoms with van der Waals surface area (Å²) in [6, 6.07) is 18.4. The molecule has 0 radical (unpaired) electrons. The fourth-order valence-electron chi connectivity index (χ4n) is 2.97. The molecule has 1 saturated heterocycles. The molecule has 0 bridgehead atoms. The lowest BCUT2D eigenvalue weighted by Crippen LogP contribution is -2.45. The third-order valence-electron chi connectivity index (χ3n) is 4.10. The van der Waals surface area contributed by atoms with Gasteiger partial charge in [-0.1, -0.05) is 72.6 Å². The Morgan fingerprint density at radius 3 is 2.04 bits per heavy atom. The van der Waals surface area contributed by atoms with Crippen molar-refractivity contribution in [3.8, 4) is 0 Å². The van der Waals surface area contributed by atoms with Crippen LogP contribution in [-0.4, -0.2) is 36.2 Å². The van der Waals surface area contributed by atoms with Gasteiger partial charge in [-0.15, -0.1) is 0 Å². The largest absolute Gasteiger partial charge is 0.325 e. The molecule has 0 saturated carbocycles. The zero-order valence-electron chi connectivity index (χ0n) is 13.4. The molecule has 1 aliphatic rings. The van der Waals surface area contributed by atoms with Gasteiger partial charge in [-0.05, 0) is 17.4 Å². The average molecular weight is 341 g/mol. The second kappa shape index (κ2) is 7.07. The third kappa shape index (κ3) is 2.79. The maximum Gasteiger partial charge on any atom is 0.325 e. The summed E-state index contributed by atoms with van der Waals surface area (Å²) >= 11 is 1.46. The number of amides is 3. The first kappa shape index (κ1) is 16.5. The first-order valence-electron chi connectivity index (χ1n) is 7.71. The maximum absolute atomic E-state index is 13.2. The second-order valence-corrected chi connectivity index (χ2v) is 6.16. The summed E-state index contributed by atoms with van der Waals surface area (Å²) in [5, 5.41) is 2.93. The number of urea groups is 1. The van der Waals surface area contributed by atoms with Gasteiger partial charge in [0.2, 0.25) is 0 Å². The number of rotatable bonds is 6. The summed E-state index contributed by atoms with van der Waals surface area (Å²) in [5.74, 6) is -0.243. The van der Waals surface area contributed by atoms with Gasteiger partial charge in [0.1, 0.15) is 0 Å². The Labute approximate surface area is 145 Å². The van der Waals surface area contributed by atoms with Gasteiger partial charge < -0.3 is 5.32 Å². The molecule has 2 aromatic rings. The van der Waals surface area contributed by atoms with Gasteiger partial charge in [0.25, 0.3) is 5.91 Å². The minimum atomic E-state index is -1.17. The summed E-state index contributed by atoms with van der Waals surface area (Å²) in [6.07, 6.45) is 1.91. The third-order valence-corrected chi connectivity index (χ3v) is 4.59. The number of hydrogen-bond donors (Lipinski definition) is 2. The molecule has 124 valence electrons. The van der Waals surface area contributed by atoms with E-state index in [1.165, 1.54) is 16.8 Å². The van der Waals surface area contributed by atoms with Crippen molar-refractivity contribution in [2.24, 2.45) is 0 Å². The molecule has 6 heteroatoms. The van der Waals surface area contributed by atoms with Crippen molar-refractivity contribution in [1.29, 1.82) is 0 Å². The molecule has 3 amide bonds. The Bertz CT molecular complexity index is 682. The molecule has 1 heterocycles. The highest BCUT2D eigenvalue weighted by atomic mass is 32.2. The van der Waals surface area contributed by atoms with E-state index in [0.717, 1.165) is 11.1 Å². The molecular formula is C18H19N3O2S. The van der Waals surface area contributed by atoms with E-state index in [0.29, 0.717) is 13.1 Å². The van der Waals surface area contributed by atoms with Crippen LogP contribution in [0.15, 0.2) is 60.7 Å². The zero-order valence-corrected chi connectivity index (χ0v) is 14.2. The topological polar surface area (TPSA) is 61.4 Å². The van der Waals surface area contributed by atoms with Gasteiger partial charge in [-0.2, -0.15) is 0 Å². The highest BCUT2D eigenvalue weighted by Gasteiger charge is 2.53. The normalized spacial score (nSPS) is 16.3. The lowest BCUT2D eigenvalue weighted by molar-refractivity contribution is -0.130. The Kier molecular flexibility index (Phi) is 4.87. The van der Waals surface area contributed by atoms with Crippen molar-refractivity contribution < 1.29 is 9.59 Å². The second-order valence-electron chi connectivity index (χ2n) is 5.47. The molecule has 2 aromatic carbocycles. The first-order chi connectivity index (χ1) is 11.7. The predicted octanol–water partition coefficient (Wildman–Crippen LogP) is 2.35. The summed E-state index contributed by atoms with van der Waals surface area (Å²) in [7, 11) is 0. The first-order valence-corrected chi connectivity index (χ1v) is 8.93. The van der Waals surface area contributed by atoms with Crippen LogP contribution in [0.4, 0.5) is 4.79 Å². The Hall–Kier alpha value is -2.31. The van der Waals surface area contributed by atoms with Gasteiger partial charge in [0, 0.05) is 13.1 Å². The van der Waals surface area contributed by atoms with Crippen LogP contribution in [0, 0.1) is 0 Å². The highest BCUT2D eigenvalue weighted by molar-refractivity contribution is 7.96. The molecule has 1 fully saturated rings. The summed E-state index contributed by atoms with van der Waals surface area (Å²) in [5.41, 5.74) is 0.351. The van der Waals surface area contributed by atoms with E-state index in [2.05, 4.69) is 10.0 Å². The van der Waals surface area contributed by atoms with E-state index < -0.39 is 5.54 Å². The molecule has 1 aliphatic heterocycles. The molecule has 5 nitrogen and oxygen atoms in total. The standard InChI is InChI=1S/C18H19N3O2S/c1-24-19-12-13-21-16(22)18(20-17(21)23,14-8-4-2-5-9-14)15-10-6-3-7-11-15/h2-11,19H,12-13H2,1H3,(H,20,23). The fraction of sp³-hybridized carbons (Fsp3) is 0.222. The monoisotopic (exact) mass is 341 g/mol. The van der Waals surface area contributed by atoms with Gasteiger partial charge in [-0.3, -0.25) is 14.4 Å². The molecular weight excluding hydrogens is 322 g/mol. The lowest BCUT2D eigenvalue weighted by atomic mass is 9.82. The van der Waals surface area contributed by atoms with E-state index >= 15 is 0 Å². The molecule has 0 spiro atoms. The smallest absolute Gasteiger partial charge is 0.315 e. The zero-order chi connectivity index (χ0) is 17.0. The number of nitrogens with one attached hydrogen (secondary N) is 2. The lowest BCUT2D eigenvalue weighted by Gasteiger charge is -2.28. The van der Waals surface area contributed by atoms with Gasteiger partial charge in [0.15, 0.2) is 5.54 Å². The van der Waals surface area contributed by atoms with Crippen molar-refractivity contribution in [2.45, 2.75) is 5.54 Å². The van der Waals surface area contributed by atoms with Crippen LogP contribution in [0.2, 0.25) is 0 Å². The van der Waals surface area contributed by atoms with Crippen molar-refractivity contribution in [3.05, 3.63) is 71.8 Å². The van der Waals surface area contributed by atoms with E-state index in [9.17, 15) is 9.59 Å². The van der Waals surface area contributed by atoms with Crippen LogP contribution < -0.4 is 10.0 Å². The Morgan fingerprint density at radius 2 is 1.54 bits per heavy atom. The van der Waals surface area contributed by atoms with Crippen LogP contribution in [0.3, 0.4) is 0 Å². The van der Waals surface area contributed by atoms with Crippen molar-refractivity contribution in [3.63, 3.8) is 0 Å². The van der Waals surface area contributed by atoms with E-state index in [4.69, 9.17) is 0 Å². The van der Waals surface area contributed by atoms with Crippen LogP contribution >= 0.6 is 11.9 Å². The van der Waals surface area contributed by atoms with Crippen molar-refractivity contribution in [2.75, 3.05) is 19.3 Å². The maximum atomic E-state index is 13.2. The minimum Gasteiger partial charge on any atom is -0.315 e. The van der Waals surface area contributed by atoms with Crippen LogP contribution in [-0.2, 0) is 10.3 Å². The number of benzene rings is 2. The van der Waals surface area contributed by atoms with E-state index in [-0.39, 0.29) is 11.9 Å². The molecule has 0 aliphatic carbocycles. The molecule has 3 rings (SSSR count). The Balaban J connectivity index is 2.04. The van der Waals surface area contributed by atoms with Crippen molar-refractivity contribution in [1.82, 2.24) is 14.9 Å². The predicted molar refractivity (Wildman–Crippen MR) is 95.4 cm³/mol. The molecule has 0 atom stereocenters. The summed E-state index contributed by atoms with van der Waals surface area (Å²) in [4.78, 5) is 27.0. The molecule has 0 aromatic heterocycles. The van der Waals surface area contributed by atoms with Gasteiger partial charge >= 0.3 is 6.03 Å². The number of hydrogen-bond acceptors (Lipinski definition) is 4. The van der Waals surface area contributed by atoms with Gasteiger partial charge in [0.05, 0.1) is 0 Å². The van der Waals surface area contributed by atoms with Crippen LogP contribution in [0.25, 0.3) is 0 Å². The fourth-order valence-corrected chi connectivity index (χ4v) is 3.27. The van der Waals surface area contributed by atoms with Gasteiger partial charge in [-0.25, -0.2) is 4.79 Å². The molecule has 2 N–H and O–H groups in total. The Morgan fingerprint density at radius 1 is 1.00 bits per heavy atom. The summed E-state index contributed by atoms with van der Waals surface area (Å²) in [6.45, 7) is 0.868. The molecule has 24 heavy (non-hydrogen) atoms. The number of imide groups is 1. The number of nitrogens with zero attached hydrogens (tertiary/aromatic N) is 1. The number of carbonyl (C=O) groups is 2. The molecule has 0 unspecified atom stereocenters. The van der Waals surface area contributed by atoms with E-state index in [1.807, 2.05) is 66.9 Å². The van der Waals surface area contributed by atoms with Crippen LogP contribution in [0.5, 0.6) is 0 Å². The van der Waals surface area contributed by atoms with Crippen LogP contribution in [0.1, 0.15) is 11.1 Å². The van der Waals surface area contributed by atoms with E-state index in [1.54, 1.807) is 0 Å². The number of carbonyl (C=O) groups excluding carboxylic acids is 2. The quantitative estimate of drug-likeness (QED) is 0.481.